The zero-order valence-corrected chi connectivity index (χ0v) is 17.0. The van der Waals surface area contributed by atoms with Gasteiger partial charge in [-0.3, -0.25) is 9.69 Å². The number of likely N-dealkylation sites (N-methyl/N-ethyl adjacent to an activating group) is 1. The Balaban J connectivity index is 1.60. The maximum absolute atomic E-state index is 13.4. The van der Waals surface area contributed by atoms with Gasteiger partial charge in [-0.25, -0.2) is 0 Å². The third kappa shape index (κ3) is 1.72. The zero-order chi connectivity index (χ0) is 19.4. The summed E-state index contributed by atoms with van der Waals surface area (Å²) in [7, 11) is 2.16. The number of fused-ring (bicyclic) bond motifs is 2. The Hall–Kier alpha value is -1.30. The minimum absolute atomic E-state index is 0.0946. The van der Waals surface area contributed by atoms with E-state index in [1.54, 1.807) is 0 Å². The van der Waals surface area contributed by atoms with Gasteiger partial charge in [0, 0.05) is 36.2 Å². The van der Waals surface area contributed by atoms with E-state index in [1.807, 2.05) is 0 Å². The molecule has 5 aliphatic heterocycles. The lowest BCUT2D eigenvalue weighted by Gasteiger charge is -2.62. The molecule has 5 fully saturated rings. The molecule has 1 N–H and O–H groups in total. The second-order valence-corrected chi connectivity index (χ2v) is 9.63. The van der Waals surface area contributed by atoms with Crippen LogP contribution in [-0.4, -0.2) is 53.4 Å². The van der Waals surface area contributed by atoms with Crippen LogP contribution in [-0.2, 0) is 14.9 Å². The smallest absolute Gasteiger partial charge is 0.311 e. The Kier molecular flexibility index (Phi) is 3.54. The van der Waals surface area contributed by atoms with Crippen molar-refractivity contribution in [3.05, 3.63) is 29.8 Å². The zero-order valence-electron chi connectivity index (χ0n) is 16.3. The van der Waals surface area contributed by atoms with E-state index in [2.05, 4.69) is 48.0 Å². The van der Waals surface area contributed by atoms with E-state index in [0.717, 1.165) is 19.3 Å². The summed E-state index contributed by atoms with van der Waals surface area (Å²) in [5.41, 5.74) is 2.28. The summed E-state index contributed by atoms with van der Waals surface area (Å²) < 4.78 is 5.47. The number of alkyl halides is 1. The highest BCUT2D eigenvalue weighted by Crippen LogP contribution is 2.71. The van der Waals surface area contributed by atoms with Gasteiger partial charge in [-0.1, -0.05) is 36.7 Å². The van der Waals surface area contributed by atoms with Gasteiger partial charge in [0.25, 0.3) is 0 Å². The molecule has 5 nitrogen and oxygen atoms in total. The summed E-state index contributed by atoms with van der Waals surface area (Å²) in [6, 6.07) is 9.19. The number of nitrogens with zero attached hydrogens (tertiary/aromatic N) is 2. The van der Waals surface area contributed by atoms with Crippen LogP contribution in [0, 0.1) is 23.7 Å². The largest absolute Gasteiger partial charge is 0.449 e. The minimum atomic E-state index is -0.395. The Labute approximate surface area is 170 Å². The molecule has 1 aromatic carbocycles. The summed E-state index contributed by atoms with van der Waals surface area (Å²) in [6.45, 7) is 2.16. The number of rotatable bonds is 3. The number of esters is 1. The van der Waals surface area contributed by atoms with Gasteiger partial charge in [-0.15, -0.1) is 0 Å². The summed E-state index contributed by atoms with van der Waals surface area (Å²) in [4.78, 5) is 18.1. The van der Waals surface area contributed by atoms with Crippen molar-refractivity contribution in [1.29, 1.82) is 0 Å². The van der Waals surface area contributed by atoms with E-state index in [4.69, 9.17) is 16.3 Å². The predicted molar refractivity (Wildman–Crippen MR) is 106 cm³/mol. The lowest BCUT2D eigenvalue weighted by Crippen LogP contribution is -2.72. The van der Waals surface area contributed by atoms with Gasteiger partial charge < -0.3 is 14.7 Å². The number of para-hydroxylation sites is 1. The monoisotopic (exact) mass is 402 g/mol. The van der Waals surface area contributed by atoms with Crippen LogP contribution in [0.15, 0.2) is 24.3 Å². The molecule has 1 saturated carbocycles. The van der Waals surface area contributed by atoms with Crippen LogP contribution in [0.4, 0.5) is 5.69 Å². The van der Waals surface area contributed by atoms with E-state index in [0.29, 0.717) is 5.92 Å². The van der Waals surface area contributed by atoms with Gasteiger partial charge in [-0.2, -0.15) is 0 Å². The van der Waals surface area contributed by atoms with Crippen LogP contribution in [0.3, 0.4) is 0 Å². The fraction of sp³-hybridized carbons (Fsp3) is 0.682. The molecule has 7 rings (SSSR count). The third-order valence-electron chi connectivity index (χ3n) is 8.96. The van der Waals surface area contributed by atoms with E-state index >= 15 is 0 Å². The van der Waals surface area contributed by atoms with Crippen LogP contribution < -0.4 is 4.90 Å². The topological polar surface area (TPSA) is 53.0 Å². The van der Waals surface area contributed by atoms with Gasteiger partial charge in [0.05, 0.1) is 12.0 Å². The van der Waals surface area contributed by atoms with Gasteiger partial charge >= 0.3 is 5.97 Å². The average Bonchev–Trinajstić information content (AvgIpc) is 3.10. The molecule has 6 heteroatoms. The Bertz CT molecular complexity index is 849. The van der Waals surface area contributed by atoms with Crippen LogP contribution in [0.5, 0.6) is 0 Å². The number of hydrogen-bond acceptors (Lipinski definition) is 5. The maximum atomic E-state index is 13.4. The first-order valence-electron chi connectivity index (χ1n) is 10.6. The first-order chi connectivity index (χ1) is 13.6. The SMILES string of the molecule is CCC1C2CC3C4N(C)c5ccccc5C45CC(C2C5C(=O)OCCl)N3C1O. The van der Waals surface area contributed by atoms with Crippen molar-refractivity contribution in [3.8, 4) is 0 Å². The van der Waals surface area contributed by atoms with Crippen molar-refractivity contribution in [2.75, 3.05) is 18.0 Å². The van der Waals surface area contributed by atoms with Gasteiger partial charge in [0.1, 0.15) is 6.23 Å². The summed E-state index contributed by atoms with van der Waals surface area (Å²) in [6.07, 6.45) is 2.53. The van der Waals surface area contributed by atoms with Gasteiger partial charge in [0.2, 0.25) is 0 Å². The fourth-order valence-electron chi connectivity index (χ4n) is 8.44. The molecule has 150 valence electrons. The van der Waals surface area contributed by atoms with Crippen LogP contribution in [0.1, 0.15) is 31.7 Å². The van der Waals surface area contributed by atoms with Crippen molar-refractivity contribution in [2.24, 2.45) is 23.7 Å². The second-order valence-electron chi connectivity index (χ2n) is 9.41. The molecule has 1 aliphatic carbocycles. The Morgan fingerprint density at radius 2 is 2.14 bits per heavy atom. The lowest BCUT2D eigenvalue weighted by molar-refractivity contribution is -0.210. The number of ether oxygens (including phenoxy) is 1. The van der Waals surface area contributed by atoms with Gasteiger partial charge in [-0.05, 0) is 42.7 Å². The first-order valence-corrected chi connectivity index (χ1v) is 11.1. The normalized spacial score (nSPS) is 49.3. The number of aliphatic hydroxyl groups excluding tert-OH is 1. The highest BCUT2D eigenvalue weighted by molar-refractivity contribution is 6.17. The Morgan fingerprint density at radius 1 is 1.36 bits per heavy atom. The van der Waals surface area contributed by atoms with E-state index in [-0.39, 0.29) is 53.3 Å². The van der Waals surface area contributed by atoms with Crippen molar-refractivity contribution in [2.45, 2.75) is 56.0 Å². The number of carbonyl (C=O) groups is 1. The molecular formula is C22H27ClN2O3. The molecule has 6 aliphatic rings. The summed E-state index contributed by atoms with van der Waals surface area (Å²) in [5, 5.41) is 11.2. The third-order valence-corrected chi connectivity index (χ3v) is 9.07. The average molecular weight is 403 g/mol. The predicted octanol–water partition coefficient (Wildman–Crippen LogP) is 2.55. The number of carbonyl (C=O) groups excluding carboxylic acids is 1. The molecule has 10 atom stereocenters. The molecule has 0 radical (unpaired) electrons. The molecular weight excluding hydrogens is 376 g/mol. The first kappa shape index (κ1) is 17.5. The number of halogens is 1. The molecule has 4 saturated heterocycles. The maximum Gasteiger partial charge on any atom is 0.311 e. The van der Waals surface area contributed by atoms with Crippen LogP contribution >= 0.6 is 11.6 Å². The van der Waals surface area contributed by atoms with Crippen molar-refractivity contribution in [3.63, 3.8) is 0 Å². The number of piperidine rings is 4. The minimum Gasteiger partial charge on any atom is -0.449 e. The van der Waals surface area contributed by atoms with Crippen LogP contribution in [0.2, 0.25) is 0 Å². The molecule has 1 aromatic rings. The number of hydrogen-bond donors (Lipinski definition) is 1. The number of aliphatic hydroxyl groups is 1. The molecule has 10 unspecified atom stereocenters. The molecule has 5 heterocycles. The molecule has 28 heavy (non-hydrogen) atoms. The molecule has 1 spiro atoms. The van der Waals surface area contributed by atoms with Crippen molar-refractivity contribution in [1.82, 2.24) is 4.90 Å². The van der Waals surface area contributed by atoms with E-state index in [9.17, 15) is 9.90 Å². The highest BCUT2D eigenvalue weighted by atomic mass is 35.5. The van der Waals surface area contributed by atoms with E-state index in [1.165, 1.54) is 11.3 Å². The van der Waals surface area contributed by atoms with E-state index < -0.39 is 6.23 Å². The lowest BCUT2D eigenvalue weighted by atomic mass is 9.62. The second kappa shape index (κ2) is 5.65. The van der Waals surface area contributed by atoms with Crippen LogP contribution in [0.25, 0.3) is 0 Å². The van der Waals surface area contributed by atoms with Gasteiger partial charge in [0.15, 0.2) is 6.07 Å². The summed E-state index contributed by atoms with van der Waals surface area (Å²) >= 11 is 5.84. The standard InChI is InChI=1S/C22H27ClN2O3/c1-3-11-12-8-15-19-22(13-6-4-5-7-14(13)24(19)2)9-16(25(15)20(11)26)17(12)18(22)21(27)28-10-23/h4-7,11-12,15-20,26H,3,8-10H2,1-2H3. The molecule has 0 aromatic heterocycles. The quantitative estimate of drug-likeness (QED) is 0.622. The number of anilines is 1. The summed E-state index contributed by atoms with van der Waals surface area (Å²) in [5.74, 6) is 0.520. The number of benzene rings is 1. The van der Waals surface area contributed by atoms with Crippen molar-refractivity contribution < 1.29 is 14.6 Å². The molecule has 0 amide bonds. The highest BCUT2D eigenvalue weighted by Gasteiger charge is 2.77. The fourth-order valence-corrected chi connectivity index (χ4v) is 8.55. The van der Waals surface area contributed by atoms with Crippen molar-refractivity contribution >= 4 is 23.3 Å². The molecule has 5 bridgehead atoms. The Morgan fingerprint density at radius 3 is 2.89 bits per heavy atom.